The number of furan rings is 1. The Morgan fingerprint density at radius 1 is 1.27 bits per heavy atom. The molecule has 26 heavy (non-hydrogen) atoms. The first-order chi connectivity index (χ1) is 12.6. The first-order valence-electron chi connectivity index (χ1n) is 8.33. The summed E-state index contributed by atoms with van der Waals surface area (Å²) in [4.78, 5) is 12.9. The summed E-state index contributed by atoms with van der Waals surface area (Å²) in [6.45, 7) is 4.28. The highest BCUT2D eigenvalue weighted by Crippen LogP contribution is 2.37. The molecule has 0 spiro atoms. The van der Waals surface area contributed by atoms with Crippen LogP contribution >= 0.6 is 11.8 Å². The van der Waals surface area contributed by atoms with Gasteiger partial charge in [-0.15, -0.1) is 10.2 Å². The van der Waals surface area contributed by atoms with Crippen LogP contribution in [-0.2, 0) is 11.3 Å². The van der Waals surface area contributed by atoms with Crippen molar-refractivity contribution in [3.8, 4) is 0 Å². The Labute approximate surface area is 155 Å². The number of nitrogens with one attached hydrogen (secondary N) is 2. The third kappa shape index (κ3) is 3.20. The standard InChI is InChI=1S/C18H19N5O2S/c1-11-5-7-13(8-6-11)15-16(17(24)19-10-14-4-3-9-25-14)26-18-21-20-12(2)23(18)22-15/h3-9,15-16,22H,10H2,1-2H3,(H,19,24)/t15-,16+/m1/s1. The summed E-state index contributed by atoms with van der Waals surface area (Å²) in [5.41, 5.74) is 5.61. The number of carbonyl (C=O) groups excluding carboxylic acids is 1. The van der Waals surface area contributed by atoms with Gasteiger partial charge in [-0.2, -0.15) is 0 Å². The number of benzene rings is 1. The largest absolute Gasteiger partial charge is 0.467 e. The van der Waals surface area contributed by atoms with Gasteiger partial charge in [0.15, 0.2) is 0 Å². The van der Waals surface area contributed by atoms with Crippen LogP contribution in [0.2, 0.25) is 0 Å². The highest BCUT2D eigenvalue weighted by molar-refractivity contribution is 8.00. The van der Waals surface area contributed by atoms with Crippen molar-refractivity contribution in [3.05, 3.63) is 65.4 Å². The highest BCUT2D eigenvalue weighted by Gasteiger charge is 2.37. The SMILES string of the molecule is Cc1ccc([C@H]2Nn3c(C)nnc3S[C@@H]2C(=O)NCc2ccco2)cc1. The zero-order chi connectivity index (χ0) is 18.1. The van der Waals surface area contributed by atoms with Crippen LogP contribution in [0.4, 0.5) is 0 Å². The average Bonchev–Trinajstić information content (AvgIpc) is 3.29. The van der Waals surface area contributed by atoms with Gasteiger partial charge in [-0.05, 0) is 31.5 Å². The minimum absolute atomic E-state index is 0.0728. The Morgan fingerprint density at radius 3 is 2.81 bits per heavy atom. The van der Waals surface area contributed by atoms with Crippen LogP contribution in [-0.4, -0.2) is 26.0 Å². The van der Waals surface area contributed by atoms with E-state index in [1.807, 2.05) is 48.9 Å². The van der Waals surface area contributed by atoms with Gasteiger partial charge in [0, 0.05) is 0 Å². The molecule has 2 atom stereocenters. The lowest BCUT2D eigenvalue weighted by molar-refractivity contribution is -0.121. The normalized spacial score (nSPS) is 18.8. The maximum Gasteiger partial charge on any atom is 0.236 e. The number of amides is 1. The number of hydrogen-bond acceptors (Lipinski definition) is 6. The summed E-state index contributed by atoms with van der Waals surface area (Å²) in [5, 5.41) is 11.5. The summed E-state index contributed by atoms with van der Waals surface area (Å²) in [5.74, 6) is 1.41. The number of nitrogens with zero attached hydrogens (tertiary/aromatic N) is 3. The molecule has 0 aliphatic carbocycles. The summed E-state index contributed by atoms with van der Waals surface area (Å²) < 4.78 is 7.13. The number of aryl methyl sites for hydroxylation is 2. The molecule has 3 heterocycles. The lowest BCUT2D eigenvalue weighted by Crippen LogP contribution is -2.43. The molecule has 1 aromatic carbocycles. The molecule has 8 heteroatoms. The van der Waals surface area contributed by atoms with Gasteiger partial charge in [0.05, 0.1) is 18.8 Å². The molecule has 1 amide bonds. The molecule has 7 nitrogen and oxygen atoms in total. The van der Waals surface area contributed by atoms with Gasteiger partial charge < -0.3 is 15.2 Å². The summed E-state index contributed by atoms with van der Waals surface area (Å²) in [6.07, 6.45) is 1.60. The van der Waals surface area contributed by atoms with Crippen molar-refractivity contribution in [2.45, 2.75) is 36.8 Å². The van der Waals surface area contributed by atoms with Crippen LogP contribution < -0.4 is 10.7 Å². The number of aromatic nitrogens is 3. The Morgan fingerprint density at radius 2 is 2.08 bits per heavy atom. The van der Waals surface area contributed by atoms with E-state index in [1.165, 1.54) is 17.3 Å². The first-order valence-corrected chi connectivity index (χ1v) is 9.21. The molecule has 1 aliphatic rings. The minimum Gasteiger partial charge on any atom is -0.467 e. The third-order valence-corrected chi connectivity index (χ3v) is 5.53. The fourth-order valence-corrected chi connectivity index (χ4v) is 4.02. The van der Waals surface area contributed by atoms with Crippen molar-refractivity contribution in [3.63, 3.8) is 0 Å². The van der Waals surface area contributed by atoms with Crippen molar-refractivity contribution in [2.24, 2.45) is 0 Å². The lowest BCUT2D eigenvalue weighted by Gasteiger charge is -2.32. The Balaban J connectivity index is 1.60. The molecule has 0 saturated carbocycles. The Bertz CT molecular complexity index is 904. The van der Waals surface area contributed by atoms with Gasteiger partial charge in [0.1, 0.15) is 16.8 Å². The molecule has 0 fully saturated rings. The van der Waals surface area contributed by atoms with E-state index in [0.717, 1.165) is 17.1 Å². The van der Waals surface area contributed by atoms with E-state index in [2.05, 4.69) is 20.9 Å². The summed E-state index contributed by atoms with van der Waals surface area (Å²) in [7, 11) is 0. The maximum absolute atomic E-state index is 12.9. The van der Waals surface area contributed by atoms with Gasteiger partial charge in [0.25, 0.3) is 0 Å². The van der Waals surface area contributed by atoms with E-state index >= 15 is 0 Å². The second-order valence-corrected chi connectivity index (χ2v) is 7.33. The number of rotatable bonds is 4. The second-order valence-electron chi connectivity index (χ2n) is 6.22. The molecule has 0 bridgehead atoms. The Hall–Kier alpha value is -2.74. The van der Waals surface area contributed by atoms with E-state index in [4.69, 9.17) is 4.42 Å². The molecular weight excluding hydrogens is 350 g/mol. The van der Waals surface area contributed by atoms with E-state index in [0.29, 0.717) is 11.7 Å². The molecule has 2 N–H and O–H groups in total. The average molecular weight is 369 g/mol. The number of fused-ring (bicyclic) bond motifs is 1. The van der Waals surface area contributed by atoms with Crippen LogP contribution in [0.1, 0.15) is 28.8 Å². The Kier molecular flexibility index (Phi) is 4.42. The first kappa shape index (κ1) is 16.7. The monoisotopic (exact) mass is 369 g/mol. The highest BCUT2D eigenvalue weighted by atomic mass is 32.2. The summed E-state index contributed by atoms with van der Waals surface area (Å²) in [6, 6.07) is 11.6. The van der Waals surface area contributed by atoms with Gasteiger partial charge in [-0.3, -0.25) is 4.79 Å². The molecule has 2 aromatic heterocycles. The zero-order valence-electron chi connectivity index (χ0n) is 14.5. The smallest absolute Gasteiger partial charge is 0.236 e. The molecule has 0 saturated heterocycles. The van der Waals surface area contributed by atoms with Crippen LogP contribution in [0.15, 0.2) is 52.2 Å². The van der Waals surface area contributed by atoms with Gasteiger partial charge in [0.2, 0.25) is 11.1 Å². The van der Waals surface area contributed by atoms with Crippen molar-refractivity contribution in [1.82, 2.24) is 20.2 Å². The van der Waals surface area contributed by atoms with Gasteiger partial charge in [-0.25, -0.2) is 4.68 Å². The minimum atomic E-state index is -0.372. The quantitative estimate of drug-likeness (QED) is 0.735. The molecule has 1 aliphatic heterocycles. The van der Waals surface area contributed by atoms with Crippen LogP contribution in [0, 0.1) is 13.8 Å². The fourth-order valence-electron chi connectivity index (χ4n) is 2.87. The van der Waals surface area contributed by atoms with Crippen LogP contribution in [0.25, 0.3) is 0 Å². The number of carbonyl (C=O) groups is 1. The molecule has 4 rings (SSSR count). The van der Waals surface area contributed by atoms with Crippen molar-refractivity contribution in [2.75, 3.05) is 5.43 Å². The number of thioether (sulfide) groups is 1. The predicted molar refractivity (Wildman–Crippen MR) is 98.2 cm³/mol. The molecule has 3 aromatic rings. The lowest BCUT2D eigenvalue weighted by atomic mass is 10.0. The van der Waals surface area contributed by atoms with Gasteiger partial charge in [-0.1, -0.05) is 41.6 Å². The van der Waals surface area contributed by atoms with Crippen molar-refractivity contribution in [1.29, 1.82) is 0 Å². The topological polar surface area (TPSA) is 85.0 Å². The maximum atomic E-state index is 12.9. The molecule has 0 unspecified atom stereocenters. The molecule has 134 valence electrons. The number of hydrogen-bond donors (Lipinski definition) is 2. The van der Waals surface area contributed by atoms with E-state index in [1.54, 1.807) is 12.3 Å². The van der Waals surface area contributed by atoms with E-state index in [9.17, 15) is 4.79 Å². The van der Waals surface area contributed by atoms with E-state index < -0.39 is 0 Å². The van der Waals surface area contributed by atoms with Crippen LogP contribution in [0.3, 0.4) is 0 Å². The molecule has 0 radical (unpaired) electrons. The molecular formula is C18H19N5O2S. The predicted octanol–water partition coefficient (Wildman–Crippen LogP) is 2.56. The summed E-state index contributed by atoms with van der Waals surface area (Å²) >= 11 is 1.41. The van der Waals surface area contributed by atoms with Gasteiger partial charge >= 0.3 is 0 Å². The fraction of sp³-hybridized carbons (Fsp3) is 0.278. The van der Waals surface area contributed by atoms with Crippen molar-refractivity contribution < 1.29 is 9.21 Å². The zero-order valence-corrected chi connectivity index (χ0v) is 15.3. The van der Waals surface area contributed by atoms with E-state index in [-0.39, 0.29) is 17.2 Å². The second kappa shape index (κ2) is 6.87. The van der Waals surface area contributed by atoms with Crippen molar-refractivity contribution >= 4 is 17.7 Å². The third-order valence-electron chi connectivity index (χ3n) is 4.31. The van der Waals surface area contributed by atoms with Crippen LogP contribution in [0.5, 0.6) is 0 Å².